The van der Waals surface area contributed by atoms with E-state index in [1.165, 1.54) is 0 Å². The quantitative estimate of drug-likeness (QED) is 0.788. The van der Waals surface area contributed by atoms with Crippen molar-refractivity contribution >= 4 is 17.4 Å². The fourth-order valence-electron chi connectivity index (χ4n) is 1.86. The summed E-state index contributed by atoms with van der Waals surface area (Å²) in [5.41, 5.74) is 1.55. The predicted molar refractivity (Wildman–Crippen MR) is 72.4 cm³/mol. The van der Waals surface area contributed by atoms with Gasteiger partial charge in [-0.25, -0.2) is 9.97 Å². The average molecular weight is 279 g/mol. The van der Waals surface area contributed by atoms with Crippen molar-refractivity contribution in [2.75, 3.05) is 0 Å². The zero-order valence-corrected chi connectivity index (χ0v) is 11.7. The Morgan fingerprint density at radius 3 is 2.58 bits per heavy atom. The minimum atomic E-state index is -0.153. The molecule has 0 saturated heterocycles. The molecule has 2 heterocycles. The van der Waals surface area contributed by atoms with Crippen LogP contribution in [-0.2, 0) is 19.4 Å². The van der Waals surface area contributed by atoms with Crippen LogP contribution >= 0.6 is 11.6 Å². The molecule has 0 N–H and O–H groups in total. The number of hydrogen-bond donors (Lipinski definition) is 0. The van der Waals surface area contributed by atoms with Gasteiger partial charge in [0.25, 0.3) is 0 Å². The van der Waals surface area contributed by atoms with Gasteiger partial charge < -0.3 is 0 Å². The van der Waals surface area contributed by atoms with Crippen LogP contribution in [0.3, 0.4) is 0 Å². The first-order valence-electron chi connectivity index (χ1n) is 6.21. The summed E-state index contributed by atoms with van der Waals surface area (Å²) in [4.78, 5) is 20.0. The van der Waals surface area contributed by atoms with Crippen LogP contribution in [0, 0.1) is 0 Å². The molecule has 6 heteroatoms. The Morgan fingerprint density at radius 2 is 2.00 bits per heavy atom. The lowest BCUT2D eigenvalue weighted by Crippen LogP contribution is -2.12. The molecule has 0 atom stereocenters. The normalized spacial score (nSPS) is 10.7. The van der Waals surface area contributed by atoms with Crippen LogP contribution in [-0.4, -0.2) is 25.5 Å². The number of hydrogen-bond acceptors (Lipinski definition) is 4. The van der Waals surface area contributed by atoms with Gasteiger partial charge in [0.05, 0.1) is 22.8 Å². The van der Waals surface area contributed by atoms with Crippen LogP contribution in [0.2, 0.25) is 5.02 Å². The lowest BCUT2D eigenvalue weighted by Gasteiger charge is -2.03. The predicted octanol–water partition coefficient (Wildman–Crippen LogP) is 2.33. The number of Topliss-reactive ketones (excluding diaryl/α,β-unsaturated/α-hetero) is 1. The topological polar surface area (TPSA) is 60.7 Å². The number of carbonyl (C=O) groups excluding carboxylic acids is 1. The highest BCUT2D eigenvalue weighted by Crippen LogP contribution is 2.22. The molecule has 2 aromatic rings. The Kier molecular flexibility index (Phi) is 4.27. The van der Waals surface area contributed by atoms with E-state index in [9.17, 15) is 4.79 Å². The van der Waals surface area contributed by atoms with Gasteiger partial charge in [-0.15, -0.1) is 0 Å². The van der Waals surface area contributed by atoms with Gasteiger partial charge in [-0.1, -0.05) is 18.5 Å². The van der Waals surface area contributed by atoms with Crippen molar-refractivity contribution in [2.24, 2.45) is 0 Å². The Bertz CT molecular complexity index is 580. The van der Waals surface area contributed by atoms with Gasteiger partial charge in [-0.3, -0.25) is 9.48 Å². The van der Waals surface area contributed by atoms with Crippen molar-refractivity contribution in [3.05, 3.63) is 40.7 Å². The molecule has 0 unspecified atom stereocenters. The van der Waals surface area contributed by atoms with E-state index in [-0.39, 0.29) is 18.0 Å². The van der Waals surface area contributed by atoms with Crippen molar-refractivity contribution < 1.29 is 4.79 Å². The summed E-state index contributed by atoms with van der Waals surface area (Å²) >= 11 is 6.26. The number of aromatic nitrogens is 4. The summed E-state index contributed by atoms with van der Waals surface area (Å²) < 4.78 is 1.77. The van der Waals surface area contributed by atoms with Crippen molar-refractivity contribution in [1.82, 2.24) is 19.7 Å². The molecule has 2 aromatic heterocycles. The second-order valence-electron chi connectivity index (χ2n) is 4.05. The van der Waals surface area contributed by atoms with Crippen LogP contribution in [0.1, 0.15) is 35.9 Å². The van der Waals surface area contributed by atoms with Crippen LogP contribution in [0.5, 0.6) is 0 Å². The number of rotatable bonds is 5. The second kappa shape index (κ2) is 5.93. The first-order valence-corrected chi connectivity index (χ1v) is 6.59. The van der Waals surface area contributed by atoms with Gasteiger partial charge in [-0.05, 0) is 19.4 Å². The highest BCUT2D eigenvalue weighted by molar-refractivity contribution is 6.32. The minimum Gasteiger partial charge on any atom is -0.290 e. The SMILES string of the molecule is CCc1nn(CC)c(CC(=O)c2ncccn2)c1Cl. The third-order valence-electron chi connectivity index (χ3n) is 2.84. The van der Waals surface area contributed by atoms with Crippen LogP contribution in [0.4, 0.5) is 0 Å². The van der Waals surface area contributed by atoms with E-state index in [0.717, 1.165) is 17.8 Å². The number of carbonyl (C=O) groups is 1. The third-order valence-corrected chi connectivity index (χ3v) is 3.27. The molecule has 0 aliphatic heterocycles. The molecule has 0 bridgehead atoms. The number of halogens is 1. The van der Waals surface area contributed by atoms with E-state index in [4.69, 9.17) is 11.6 Å². The van der Waals surface area contributed by atoms with Crippen LogP contribution < -0.4 is 0 Å². The van der Waals surface area contributed by atoms with Crippen LogP contribution in [0.25, 0.3) is 0 Å². The average Bonchev–Trinajstić information content (AvgIpc) is 2.76. The third kappa shape index (κ3) is 2.81. The zero-order chi connectivity index (χ0) is 13.8. The summed E-state index contributed by atoms with van der Waals surface area (Å²) in [6.45, 7) is 4.63. The summed E-state index contributed by atoms with van der Waals surface area (Å²) in [5, 5.41) is 4.96. The summed E-state index contributed by atoms with van der Waals surface area (Å²) in [5.74, 6) is 0.0558. The maximum absolute atomic E-state index is 12.1. The standard InChI is InChI=1S/C13H15ClN4O/c1-3-9-12(14)10(18(4-2)17-9)8-11(19)13-15-6-5-7-16-13/h5-7H,3-4,8H2,1-2H3. The van der Waals surface area contributed by atoms with Gasteiger partial charge in [0, 0.05) is 18.9 Å². The van der Waals surface area contributed by atoms with Gasteiger partial charge in [-0.2, -0.15) is 5.10 Å². The maximum Gasteiger partial charge on any atom is 0.206 e. The second-order valence-corrected chi connectivity index (χ2v) is 4.43. The van der Waals surface area contributed by atoms with E-state index >= 15 is 0 Å². The molecule has 0 aliphatic rings. The molecule has 19 heavy (non-hydrogen) atoms. The van der Waals surface area contributed by atoms with Crippen molar-refractivity contribution in [2.45, 2.75) is 33.2 Å². The molecule has 5 nitrogen and oxygen atoms in total. The van der Waals surface area contributed by atoms with Crippen molar-refractivity contribution in [3.8, 4) is 0 Å². The van der Waals surface area contributed by atoms with Gasteiger partial charge in [0.15, 0.2) is 5.82 Å². The molecule has 0 spiro atoms. The van der Waals surface area contributed by atoms with E-state index < -0.39 is 0 Å². The highest BCUT2D eigenvalue weighted by Gasteiger charge is 2.19. The maximum atomic E-state index is 12.1. The molecular weight excluding hydrogens is 264 g/mol. The van der Waals surface area contributed by atoms with Gasteiger partial charge >= 0.3 is 0 Å². The number of aryl methyl sites for hydroxylation is 2. The van der Waals surface area contributed by atoms with Crippen LogP contribution in [0.15, 0.2) is 18.5 Å². The lowest BCUT2D eigenvalue weighted by atomic mass is 10.2. The van der Waals surface area contributed by atoms with E-state index in [1.807, 2.05) is 13.8 Å². The summed E-state index contributed by atoms with van der Waals surface area (Å²) in [6.07, 6.45) is 4.02. The first-order chi connectivity index (χ1) is 9.17. The molecule has 0 aliphatic carbocycles. The monoisotopic (exact) mass is 278 g/mol. The molecule has 0 aromatic carbocycles. The number of ketones is 1. The van der Waals surface area contributed by atoms with Crippen molar-refractivity contribution in [3.63, 3.8) is 0 Å². The Labute approximate surface area is 116 Å². The summed E-state index contributed by atoms with van der Waals surface area (Å²) in [6, 6.07) is 1.68. The Balaban J connectivity index is 2.28. The van der Waals surface area contributed by atoms with Gasteiger partial charge in [0.2, 0.25) is 5.78 Å². The fraction of sp³-hybridized carbons (Fsp3) is 0.385. The molecule has 0 fully saturated rings. The largest absolute Gasteiger partial charge is 0.290 e. The Hall–Kier alpha value is -1.75. The minimum absolute atomic E-state index is 0.153. The Morgan fingerprint density at radius 1 is 1.32 bits per heavy atom. The lowest BCUT2D eigenvalue weighted by molar-refractivity contribution is 0.0980. The molecule has 2 rings (SSSR count). The molecule has 0 radical (unpaired) electrons. The van der Waals surface area contributed by atoms with E-state index in [0.29, 0.717) is 11.6 Å². The van der Waals surface area contributed by atoms with Gasteiger partial charge in [0.1, 0.15) is 0 Å². The zero-order valence-electron chi connectivity index (χ0n) is 10.9. The fourth-order valence-corrected chi connectivity index (χ4v) is 2.20. The summed E-state index contributed by atoms with van der Waals surface area (Å²) in [7, 11) is 0. The molecule has 100 valence electrons. The van der Waals surface area contributed by atoms with Crippen molar-refractivity contribution in [1.29, 1.82) is 0 Å². The molecular formula is C13H15ClN4O. The number of nitrogens with zero attached hydrogens (tertiary/aromatic N) is 4. The van der Waals surface area contributed by atoms with E-state index in [1.54, 1.807) is 23.1 Å². The highest BCUT2D eigenvalue weighted by atomic mass is 35.5. The smallest absolute Gasteiger partial charge is 0.206 e. The molecule has 0 amide bonds. The first kappa shape index (κ1) is 13.7. The van der Waals surface area contributed by atoms with E-state index in [2.05, 4.69) is 15.1 Å². The molecule has 0 saturated carbocycles.